The third-order valence-corrected chi connectivity index (χ3v) is 9.64. The van der Waals surface area contributed by atoms with E-state index < -0.39 is 23.2 Å². The lowest BCUT2D eigenvalue weighted by Gasteiger charge is -2.27. The molecule has 2 atom stereocenters. The number of H-pyrrole nitrogens is 1. The van der Waals surface area contributed by atoms with Gasteiger partial charge in [-0.05, 0) is 37.5 Å². The molecule has 0 radical (unpaired) electrons. The van der Waals surface area contributed by atoms with Gasteiger partial charge in [0.15, 0.2) is 5.82 Å². The number of anilines is 3. The van der Waals surface area contributed by atoms with Gasteiger partial charge in [0, 0.05) is 93.4 Å². The van der Waals surface area contributed by atoms with Crippen LogP contribution in [0.4, 0.5) is 17.2 Å². The van der Waals surface area contributed by atoms with Crippen LogP contribution in [0, 0.1) is 12.8 Å². The van der Waals surface area contributed by atoms with E-state index in [4.69, 9.17) is 4.74 Å². The highest BCUT2D eigenvalue weighted by atomic mass is 16.5. The third-order valence-electron chi connectivity index (χ3n) is 9.64. The second-order valence-electron chi connectivity index (χ2n) is 13.1. The lowest BCUT2D eigenvalue weighted by atomic mass is 9.82. The SMILES string of the molecule is COC(=O)c1c(C)[nH]c2c1[C@@]13C[C@@H]1CN(C(=O)/C=C/c1cc(NC(=O)c4cc(NC(=O)c5nc(NC(C)=O)cn5C)cn4C)cn1C)C3=CC2=O. The standard InChI is InChI=1S/C35H35N9O7/c1-17-28(34(50)51-6)29-30(36-17)24(46)11-25-35(29)12-19(35)13-44(25)27(47)8-7-22-9-20(14-41(22)3)38-32(48)23-10-21(15-42(23)4)39-33(49)31-40-26(16-43(31)5)37-18(2)45/h7-11,14-16,19,36H,12-13H2,1-6H3,(H,37,45)(H,38,48)(H,39,49)/b8-7+/t19-,35+/m1/s1. The van der Waals surface area contributed by atoms with E-state index in [0.29, 0.717) is 51.8 Å². The summed E-state index contributed by atoms with van der Waals surface area (Å²) in [5.74, 6) is -2.00. The summed E-state index contributed by atoms with van der Waals surface area (Å²) in [6.07, 6.45) is 10.1. The Balaban J connectivity index is 1.02. The van der Waals surface area contributed by atoms with E-state index in [-0.39, 0.29) is 40.9 Å². The van der Waals surface area contributed by atoms with Crippen LogP contribution in [0.25, 0.3) is 6.08 Å². The molecular formula is C35H35N9O7. The molecule has 7 rings (SSSR count). The number of nitrogens with zero attached hydrogens (tertiary/aromatic N) is 5. The van der Waals surface area contributed by atoms with Crippen LogP contribution in [-0.2, 0) is 40.9 Å². The molecule has 0 aromatic carbocycles. The first-order chi connectivity index (χ1) is 24.2. The number of hydrogen-bond acceptors (Lipinski definition) is 8. The predicted molar refractivity (Wildman–Crippen MR) is 184 cm³/mol. The van der Waals surface area contributed by atoms with Crippen molar-refractivity contribution in [1.82, 2.24) is 28.6 Å². The van der Waals surface area contributed by atoms with Crippen LogP contribution in [0.15, 0.2) is 48.6 Å². The predicted octanol–water partition coefficient (Wildman–Crippen LogP) is 2.88. The third kappa shape index (κ3) is 5.44. The first kappa shape index (κ1) is 33.1. The molecule has 16 nitrogen and oxygen atoms in total. The van der Waals surface area contributed by atoms with Crippen LogP contribution in [0.2, 0.25) is 0 Å². The van der Waals surface area contributed by atoms with E-state index in [2.05, 4.69) is 25.9 Å². The van der Waals surface area contributed by atoms with Crippen LogP contribution in [0.5, 0.6) is 0 Å². The van der Waals surface area contributed by atoms with Crippen molar-refractivity contribution >= 4 is 58.6 Å². The zero-order valence-corrected chi connectivity index (χ0v) is 28.7. The van der Waals surface area contributed by atoms with E-state index in [1.807, 2.05) is 0 Å². The van der Waals surface area contributed by atoms with E-state index in [1.54, 1.807) is 66.6 Å². The molecule has 2 aliphatic carbocycles. The van der Waals surface area contributed by atoms with Crippen molar-refractivity contribution in [3.05, 3.63) is 88.3 Å². The Hall–Kier alpha value is -6.45. The molecule has 5 heterocycles. The normalized spacial score (nSPS) is 18.5. The number of hydrogen-bond donors (Lipinski definition) is 4. The molecule has 1 aliphatic heterocycles. The quantitative estimate of drug-likeness (QED) is 0.160. The number of carbonyl (C=O) groups excluding carboxylic acids is 6. The number of methoxy groups -OCH3 is 1. The molecular weight excluding hydrogens is 658 g/mol. The van der Waals surface area contributed by atoms with Gasteiger partial charge < -0.3 is 44.3 Å². The Morgan fingerprint density at radius 1 is 0.980 bits per heavy atom. The van der Waals surface area contributed by atoms with Gasteiger partial charge in [-0.1, -0.05) is 0 Å². The minimum absolute atomic E-state index is 0.0690. The summed E-state index contributed by atoms with van der Waals surface area (Å²) >= 11 is 0. The van der Waals surface area contributed by atoms with Crippen molar-refractivity contribution in [3.63, 3.8) is 0 Å². The summed E-state index contributed by atoms with van der Waals surface area (Å²) in [5.41, 5.74) is 3.68. The molecule has 4 N–H and O–H groups in total. The largest absolute Gasteiger partial charge is 0.465 e. The number of esters is 1. The van der Waals surface area contributed by atoms with Crippen molar-refractivity contribution < 1.29 is 33.5 Å². The summed E-state index contributed by atoms with van der Waals surface area (Å²) < 4.78 is 9.82. The molecule has 0 bridgehead atoms. The molecule has 4 aromatic heterocycles. The molecule has 3 aliphatic rings. The van der Waals surface area contributed by atoms with Gasteiger partial charge in [-0.25, -0.2) is 9.78 Å². The number of aryl methyl sites for hydroxylation is 4. The van der Waals surface area contributed by atoms with Crippen molar-refractivity contribution in [2.45, 2.75) is 25.7 Å². The summed E-state index contributed by atoms with van der Waals surface area (Å²) in [5, 5.41) is 8.10. The fraction of sp³-hybridized carbons (Fsp3) is 0.286. The number of allylic oxidation sites excluding steroid dienone is 2. The maximum atomic E-state index is 13.5. The molecule has 1 saturated carbocycles. The number of ketones is 1. The number of amides is 4. The van der Waals surface area contributed by atoms with Gasteiger partial charge in [0.25, 0.3) is 17.7 Å². The minimum atomic E-state index is -0.585. The van der Waals surface area contributed by atoms with Crippen LogP contribution >= 0.6 is 0 Å². The number of rotatable bonds is 8. The van der Waals surface area contributed by atoms with E-state index in [0.717, 1.165) is 6.42 Å². The molecule has 1 spiro atoms. The molecule has 1 saturated heterocycles. The lowest BCUT2D eigenvalue weighted by Crippen LogP contribution is -2.33. The zero-order chi connectivity index (χ0) is 36.5. The van der Waals surface area contributed by atoms with Crippen molar-refractivity contribution in [3.8, 4) is 0 Å². The number of ether oxygens (including phenoxy) is 1. The highest BCUT2D eigenvalue weighted by Crippen LogP contribution is 2.67. The summed E-state index contributed by atoms with van der Waals surface area (Å²) in [4.78, 5) is 85.6. The van der Waals surface area contributed by atoms with Crippen LogP contribution in [0.1, 0.15) is 72.2 Å². The van der Waals surface area contributed by atoms with Crippen molar-refractivity contribution in [2.24, 2.45) is 27.1 Å². The number of piperidine rings is 1. The Bertz CT molecular complexity index is 2280. The van der Waals surface area contributed by atoms with Gasteiger partial charge in [-0.3, -0.25) is 24.0 Å². The number of fused-ring (bicyclic) bond motifs is 1. The lowest BCUT2D eigenvalue weighted by molar-refractivity contribution is -0.124. The Morgan fingerprint density at radius 3 is 2.41 bits per heavy atom. The average molecular weight is 694 g/mol. The minimum Gasteiger partial charge on any atom is -0.465 e. The Morgan fingerprint density at radius 2 is 1.69 bits per heavy atom. The fourth-order valence-electron chi connectivity index (χ4n) is 7.30. The highest BCUT2D eigenvalue weighted by molar-refractivity contribution is 6.12. The molecule has 51 heavy (non-hydrogen) atoms. The van der Waals surface area contributed by atoms with Gasteiger partial charge in [0.05, 0.1) is 29.7 Å². The van der Waals surface area contributed by atoms with Crippen LogP contribution in [-0.4, -0.2) is 77.6 Å². The molecule has 0 unspecified atom stereocenters. The van der Waals surface area contributed by atoms with Crippen LogP contribution in [0.3, 0.4) is 0 Å². The van der Waals surface area contributed by atoms with E-state index in [1.165, 1.54) is 43.0 Å². The molecule has 4 amide bonds. The Kier molecular flexibility index (Phi) is 7.69. The topological polar surface area (TPSA) is 194 Å². The number of likely N-dealkylation sites (tertiary alicyclic amines) is 1. The molecule has 4 aromatic rings. The number of imidazole rings is 1. The summed E-state index contributed by atoms with van der Waals surface area (Å²) in [7, 11) is 6.37. The van der Waals surface area contributed by atoms with E-state index >= 15 is 0 Å². The second-order valence-corrected chi connectivity index (χ2v) is 13.1. The number of aromatic amines is 1. The number of aromatic nitrogens is 5. The van der Waals surface area contributed by atoms with Gasteiger partial charge in [0.1, 0.15) is 5.69 Å². The maximum absolute atomic E-state index is 13.5. The first-order valence-corrected chi connectivity index (χ1v) is 16.1. The van der Waals surface area contributed by atoms with Gasteiger partial charge in [0.2, 0.25) is 17.5 Å². The van der Waals surface area contributed by atoms with Crippen molar-refractivity contribution in [1.29, 1.82) is 0 Å². The smallest absolute Gasteiger partial charge is 0.340 e. The zero-order valence-electron chi connectivity index (χ0n) is 28.7. The van der Waals surface area contributed by atoms with E-state index in [9.17, 15) is 28.8 Å². The molecule has 262 valence electrons. The Labute approximate surface area is 291 Å². The molecule has 16 heteroatoms. The summed E-state index contributed by atoms with van der Waals surface area (Å²) in [6.45, 7) is 3.49. The first-order valence-electron chi connectivity index (χ1n) is 16.1. The maximum Gasteiger partial charge on any atom is 0.340 e. The highest BCUT2D eigenvalue weighted by Gasteiger charge is 2.68. The van der Waals surface area contributed by atoms with Crippen LogP contribution < -0.4 is 16.0 Å². The van der Waals surface area contributed by atoms with Gasteiger partial charge in [-0.15, -0.1) is 0 Å². The monoisotopic (exact) mass is 693 g/mol. The second kappa shape index (κ2) is 11.9. The molecule has 2 fully saturated rings. The number of nitrogens with one attached hydrogen (secondary N) is 4. The summed E-state index contributed by atoms with van der Waals surface area (Å²) in [6, 6.07) is 3.24. The number of carbonyl (C=O) groups is 6. The van der Waals surface area contributed by atoms with Crippen molar-refractivity contribution in [2.75, 3.05) is 29.6 Å². The van der Waals surface area contributed by atoms with Gasteiger partial charge in [-0.2, -0.15) is 0 Å². The fourth-order valence-corrected chi connectivity index (χ4v) is 7.30. The average Bonchev–Trinajstić information content (AvgIpc) is 3.54. The van der Waals surface area contributed by atoms with Gasteiger partial charge >= 0.3 is 5.97 Å².